The number of benzene rings is 3. The molecular weight excluding hydrogens is 417 g/mol. The van der Waals surface area contributed by atoms with Crippen LogP contribution in [0, 0.1) is 0 Å². The fraction of sp³-hybridized carbons (Fsp3) is 0.120. The zero-order valence-electron chi connectivity index (χ0n) is 17.1. The van der Waals surface area contributed by atoms with E-state index in [4.69, 9.17) is 4.74 Å². The van der Waals surface area contributed by atoms with Crippen molar-refractivity contribution in [2.75, 3.05) is 5.01 Å². The van der Waals surface area contributed by atoms with Crippen LogP contribution in [0.25, 0.3) is 6.08 Å². The van der Waals surface area contributed by atoms with Crippen molar-refractivity contribution in [2.24, 2.45) is 5.10 Å². The molecule has 4 rings (SSSR count). The molecular formula is C25H19F3N2O2. The Morgan fingerprint density at radius 3 is 2.44 bits per heavy atom. The highest BCUT2D eigenvalue weighted by molar-refractivity contribution is 6.32. The lowest BCUT2D eigenvalue weighted by molar-refractivity contribution is -0.137. The summed E-state index contributed by atoms with van der Waals surface area (Å²) in [4.78, 5) is 13.0. The van der Waals surface area contributed by atoms with E-state index < -0.39 is 17.6 Å². The van der Waals surface area contributed by atoms with Gasteiger partial charge in [-0.05, 0) is 42.8 Å². The van der Waals surface area contributed by atoms with Crippen LogP contribution in [-0.4, -0.2) is 11.6 Å². The third-order valence-corrected chi connectivity index (χ3v) is 4.94. The lowest BCUT2D eigenvalue weighted by Gasteiger charge is -2.14. The van der Waals surface area contributed by atoms with Crippen molar-refractivity contribution in [1.29, 1.82) is 0 Å². The SMILES string of the molecule is CC1=NN(c2cccc(C(F)(F)F)c2)C(=O)/C1=C\c1ccccc1OCc1ccccc1. The number of anilines is 1. The standard InChI is InChI=1S/C25H19F3N2O2/c1-17-22(24(31)30(29-17)21-12-7-11-20(15-21)25(26,27)28)14-19-10-5-6-13-23(19)32-16-18-8-3-2-4-9-18/h2-15H,16H2,1H3/b22-14-. The number of para-hydroxylation sites is 1. The number of hydrogen-bond acceptors (Lipinski definition) is 3. The molecule has 0 bridgehead atoms. The smallest absolute Gasteiger partial charge is 0.416 e. The molecule has 1 heterocycles. The Balaban J connectivity index is 1.60. The Labute approximate surface area is 183 Å². The van der Waals surface area contributed by atoms with Crippen LogP contribution in [0.15, 0.2) is 89.5 Å². The molecule has 0 unspecified atom stereocenters. The highest BCUT2D eigenvalue weighted by Crippen LogP contribution is 2.34. The number of carbonyl (C=O) groups excluding carboxylic acids is 1. The molecule has 0 saturated heterocycles. The minimum Gasteiger partial charge on any atom is -0.488 e. The van der Waals surface area contributed by atoms with E-state index in [1.807, 2.05) is 42.5 Å². The second-order valence-corrected chi connectivity index (χ2v) is 7.22. The number of ether oxygens (including phenoxy) is 1. The molecule has 3 aromatic carbocycles. The molecule has 0 saturated carbocycles. The van der Waals surface area contributed by atoms with E-state index in [1.54, 1.807) is 25.1 Å². The van der Waals surface area contributed by atoms with E-state index >= 15 is 0 Å². The van der Waals surface area contributed by atoms with E-state index in [0.29, 0.717) is 23.6 Å². The average Bonchev–Trinajstić information content (AvgIpc) is 3.07. The minimum atomic E-state index is -4.51. The van der Waals surface area contributed by atoms with Crippen molar-refractivity contribution in [3.63, 3.8) is 0 Å². The molecule has 0 aliphatic carbocycles. The number of amides is 1. The van der Waals surface area contributed by atoms with Gasteiger partial charge in [-0.1, -0.05) is 54.6 Å². The van der Waals surface area contributed by atoms with Gasteiger partial charge in [0, 0.05) is 5.56 Å². The molecule has 7 heteroatoms. The first-order valence-electron chi connectivity index (χ1n) is 9.87. The molecule has 162 valence electrons. The summed E-state index contributed by atoms with van der Waals surface area (Å²) < 4.78 is 45.1. The van der Waals surface area contributed by atoms with Crippen LogP contribution in [0.2, 0.25) is 0 Å². The molecule has 0 fully saturated rings. The van der Waals surface area contributed by atoms with Gasteiger partial charge in [0.15, 0.2) is 0 Å². The molecule has 0 spiro atoms. The summed E-state index contributed by atoms with van der Waals surface area (Å²) in [5.41, 5.74) is 1.59. The maximum atomic E-state index is 13.1. The Morgan fingerprint density at radius 2 is 1.69 bits per heavy atom. The van der Waals surface area contributed by atoms with Gasteiger partial charge >= 0.3 is 6.18 Å². The number of halogens is 3. The Morgan fingerprint density at radius 1 is 0.969 bits per heavy atom. The van der Waals surface area contributed by atoms with Gasteiger partial charge in [0.05, 0.1) is 22.5 Å². The van der Waals surface area contributed by atoms with Crippen LogP contribution in [0.5, 0.6) is 5.75 Å². The second-order valence-electron chi connectivity index (χ2n) is 7.22. The molecule has 0 aromatic heterocycles. The van der Waals surface area contributed by atoms with Crippen molar-refractivity contribution in [3.05, 3.63) is 101 Å². The van der Waals surface area contributed by atoms with E-state index in [0.717, 1.165) is 22.7 Å². The van der Waals surface area contributed by atoms with Crippen LogP contribution in [0.1, 0.15) is 23.6 Å². The van der Waals surface area contributed by atoms with Crippen LogP contribution in [0.4, 0.5) is 18.9 Å². The van der Waals surface area contributed by atoms with Crippen molar-refractivity contribution in [3.8, 4) is 5.75 Å². The maximum absolute atomic E-state index is 13.1. The third-order valence-electron chi connectivity index (χ3n) is 4.94. The largest absolute Gasteiger partial charge is 0.488 e. The number of nitrogens with zero attached hydrogens (tertiary/aromatic N) is 2. The lowest BCUT2D eigenvalue weighted by atomic mass is 10.1. The molecule has 1 aliphatic heterocycles. The van der Waals surface area contributed by atoms with Crippen molar-refractivity contribution < 1.29 is 22.7 Å². The average molecular weight is 436 g/mol. The van der Waals surface area contributed by atoms with Crippen LogP contribution in [-0.2, 0) is 17.6 Å². The first-order chi connectivity index (χ1) is 15.3. The number of hydrogen-bond donors (Lipinski definition) is 0. The zero-order chi connectivity index (χ0) is 22.7. The summed E-state index contributed by atoms with van der Waals surface area (Å²) in [6.45, 7) is 2.00. The van der Waals surface area contributed by atoms with Gasteiger partial charge in [-0.25, -0.2) is 0 Å². The van der Waals surface area contributed by atoms with Gasteiger partial charge in [0.25, 0.3) is 5.91 Å². The second kappa shape index (κ2) is 8.70. The van der Waals surface area contributed by atoms with Crippen molar-refractivity contribution in [2.45, 2.75) is 19.7 Å². The lowest BCUT2D eigenvalue weighted by Crippen LogP contribution is -2.21. The normalized spacial score (nSPS) is 15.2. The number of rotatable bonds is 5. The maximum Gasteiger partial charge on any atom is 0.416 e. The van der Waals surface area contributed by atoms with E-state index in [9.17, 15) is 18.0 Å². The highest BCUT2D eigenvalue weighted by Gasteiger charge is 2.33. The Kier molecular flexibility index (Phi) is 5.81. The summed E-state index contributed by atoms with van der Waals surface area (Å²) in [6, 6.07) is 21.5. The van der Waals surface area contributed by atoms with Crippen LogP contribution < -0.4 is 9.75 Å². The summed E-state index contributed by atoms with van der Waals surface area (Å²) in [6.07, 6.45) is -2.86. The number of carbonyl (C=O) groups is 1. The summed E-state index contributed by atoms with van der Waals surface area (Å²) in [5, 5.41) is 5.18. The van der Waals surface area contributed by atoms with Crippen LogP contribution >= 0.6 is 0 Å². The predicted molar refractivity (Wildman–Crippen MR) is 117 cm³/mol. The van der Waals surface area contributed by atoms with E-state index in [2.05, 4.69) is 5.10 Å². The molecule has 1 aliphatic rings. The fourth-order valence-corrected chi connectivity index (χ4v) is 3.30. The topological polar surface area (TPSA) is 41.9 Å². The quantitative estimate of drug-likeness (QED) is 0.454. The molecule has 32 heavy (non-hydrogen) atoms. The molecule has 0 atom stereocenters. The summed E-state index contributed by atoms with van der Waals surface area (Å²) in [5.74, 6) is 0.0849. The molecule has 3 aromatic rings. The van der Waals surface area contributed by atoms with E-state index in [1.165, 1.54) is 12.1 Å². The summed E-state index contributed by atoms with van der Waals surface area (Å²) >= 11 is 0. The zero-order valence-corrected chi connectivity index (χ0v) is 17.1. The van der Waals surface area contributed by atoms with Crippen LogP contribution in [0.3, 0.4) is 0 Å². The van der Waals surface area contributed by atoms with Crippen molar-refractivity contribution in [1.82, 2.24) is 0 Å². The van der Waals surface area contributed by atoms with Gasteiger partial charge in [-0.15, -0.1) is 0 Å². The molecule has 0 radical (unpaired) electrons. The van der Waals surface area contributed by atoms with Gasteiger partial charge in [-0.3, -0.25) is 4.79 Å². The highest BCUT2D eigenvalue weighted by atomic mass is 19.4. The first kappa shape index (κ1) is 21.4. The Hall–Kier alpha value is -3.87. The minimum absolute atomic E-state index is 0.0567. The van der Waals surface area contributed by atoms with Gasteiger partial charge in [0.1, 0.15) is 12.4 Å². The predicted octanol–water partition coefficient (Wildman–Crippen LogP) is 6.09. The summed E-state index contributed by atoms with van der Waals surface area (Å²) in [7, 11) is 0. The van der Waals surface area contributed by atoms with Gasteiger partial charge in [0.2, 0.25) is 0 Å². The number of alkyl halides is 3. The Bertz CT molecular complexity index is 1200. The molecule has 1 amide bonds. The van der Waals surface area contributed by atoms with Gasteiger partial charge in [-0.2, -0.15) is 23.3 Å². The number of hydrazone groups is 1. The van der Waals surface area contributed by atoms with Crippen molar-refractivity contribution >= 4 is 23.4 Å². The fourth-order valence-electron chi connectivity index (χ4n) is 3.30. The molecule has 0 N–H and O–H groups in total. The molecule has 4 nitrogen and oxygen atoms in total. The first-order valence-corrected chi connectivity index (χ1v) is 9.87. The third kappa shape index (κ3) is 4.56. The van der Waals surface area contributed by atoms with Gasteiger partial charge < -0.3 is 4.74 Å². The van der Waals surface area contributed by atoms with E-state index in [-0.39, 0.29) is 11.3 Å². The monoisotopic (exact) mass is 436 g/mol.